The highest BCUT2D eigenvalue weighted by molar-refractivity contribution is 6.06. The Balaban J connectivity index is 2.14. The fourth-order valence-corrected chi connectivity index (χ4v) is 2.22. The number of nitrogens with one attached hydrogen (secondary N) is 1. The molecule has 0 bridgehead atoms. The second-order valence-electron chi connectivity index (χ2n) is 4.35. The van der Waals surface area contributed by atoms with E-state index in [1.807, 2.05) is 36.7 Å². The van der Waals surface area contributed by atoms with Gasteiger partial charge in [0.2, 0.25) is 0 Å². The Labute approximate surface area is 104 Å². The number of hydrogen-bond acceptors (Lipinski definition) is 2. The molecule has 18 heavy (non-hydrogen) atoms. The van der Waals surface area contributed by atoms with E-state index in [2.05, 4.69) is 14.8 Å². The first-order valence-corrected chi connectivity index (χ1v) is 5.82. The van der Waals surface area contributed by atoms with E-state index in [4.69, 9.17) is 0 Å². The highest BCUT2D eigenvalue weighted by atomic mass is 16.1. The molecule has 0 aliphatic heterocycles. The van der Waals surface area contributed by atoms with E-state index in [0.29, 0.717) is 6.54 Å². The summed E-state index contributed by atoms with van der Waals surface area (Å²) >= 11 is 0. The van der Waals surface area contributed by atoms with Gasteiger partial charge in [0.25, 0.3) is 0 Å². The molecule has 4 nitrogen and oxygen atoms in total. The summed E-state index contributed by atoms with van der Waals surface area (Å²) in [6, 6.07) is 7.95. The first-order chi connectivity index (χ1) is 8.75. The summed E-state index contributed by atoms with van der Waals surface area (Å²) in [5.74, 6) is 0.0946. The van der Waals surface area contributed by atoms with Crippen LogP contribution < -0.4 is 0 Å². The van der Waals surface area contributed by atoms with Crippen molar-refractivity contribution >= 4 is 16.7 Å². The molecule has 2 heterocycles. The van der Waals surface area contributed by atoms with Crippen molar-refractivity contribution in [2.75, 3.05) is 0 Å². The molecule has 3 aromatic rings. The van der Waals surface area contributed by atoms with Crippen LogP contribution in [0.2, 0.25) is 0 Å². The van der Waals surface area contributed by atoms with Gasteiger partial charge in [-0.1, -0.05) is 18.2 Å². The highest BCUT2D eigenvalue weighted by Gasteiger charge is 2.11. The average molecular weight is 239 g/mol. The predicted molar refractivity (Wildman–Crippen MR) is 69.6 cm³/mol. The Kier molecular flexibility index (Phi) is 2.48. The van der Waals surface area contributed by atoms with Crippen molar-refractivity contribution in [1.82, 2.24) is 14.8 Å². The van der Waals surface area contributed by atoms with Crippen LogP contribution in [0.5, 0.6) is 0 Å². The van der Waals surface area contributed by atoms with Crippen LogP contribution in [0.15, 0.2) is 42.9 Å². The summed E-state index contributed by atoms with van der Waals surface area (Å²) in [6.07, 6.45) is 5.57. The molecule has 0 saturated heterocycles. The van der Waals surface area contributed by atoms with Gasteiger partial charge in [0, 0.05) is 34.4 Å². The van der Waals surface area contributed by atoms with Crippen molar-refractivity contribution in [3.05, 3.63) is 54.0 Å². The molecule has 0 unspecified atom stereocenters. The van der Waals surface area contributed by atoms with Gasteiger partial charge in [0.05, 0.1) is 12.7 Å². The van der Waals surface area contributed by atoms with Crippen LogP contribution in [0.3, 0.4) is 0 Å². The lowest BCUT2D eigenvalue weighted by Gasteiger charge is -2.02. The quantitative estimate of drug-likeness (QED) is 0.714. The number of ketones is 1. The molecular weight excluding hydrogens is 226 g/mol. The van der Waals surface area contributed by atoms with E-state index in [-0.39, 0.29) is 5.78 Å². The maximum absolute atomic E-state index is 11.6. The zero-order chi connectivity index (χ0) is 12.5. The summed E-state index contributed by atoms with van der Waals surface area (Å²) in [5.41, 5.74) is 2.93. The number of para-hydroxylation sites is 1. The Bertz CT molecular complexity index is 695. The number of benzene rings is 1. The van der Waals surface area contributed by atoms with Gasteiger partial charge in [-0.3, -0.25) is 9.89 Å². The summed E-state index contributed by atoms with van der Waals surface area (Å²) in [4.78, 5) is 11.6. The first kappa shape index (κ1) is 10.8. The summed E-state index contributed by atoms with van der Waals surface area (Å²) in [5, 5.41) is 7.74. The van der Waals surface area contributed by atoms with Gasteiger partial charge >= 0.3 is 0 Å². The number of fused-ring (bicyclic) bond motifs is 1. The largest absolute Gasteiger partial charge is 0.342 e. The van der Waals surface area contributed by atoms with Crippen LogP contribution in [0.1, 0.15) is 22.8 Å². The van der Waals surface area contributed by atoms with Crippen molar-refractivity contribution < 1.29 is 4.79 Å². The number of aromatic amines is 1. The molecule has 0 amide bonds. The number of carbonyl (C=O) groups is 1. The van der Waals surface area contributed by atoms with Crippen molar-refractivity contribution in [2.45, 2.75) is 13.5 Å². The molecule has 90 valence electrons. The van der Waals surface area contributed by atoms with E-state index in [1.165, 1.54) is 0 Å². The van der Waals surface area contributed by atoms with Crippen LogP contribution >= 0.6 is 0 Å². The molecule has 0 aliphatic carbocycles. The van der Waals surface area contributed by atoms with Crippen molar-refractivity contribution in [3.63, 3.8) is 0 Å². The molecule has 4 heteroatoms. The highest BCUT2D eigenvalue weighted by Crippen LogP contribution is 2.22. The second-order valence-corrected chi connectivity index (χ2v) is 4.35. The molecule has 2 aromatic heterocycles. The van der Waals surface area contributed by atoms with Crippen LogP contribution in [0.4, 0.5) is 0 Å². The normalized spacial score (nSPS) is 10.9. The first-order valence-electron chi connectivity index (χ1n) is 5.82. The maximum Gasteiger partial charge on any atom is 0.161 e. The van der Waals surface area contributed by atoms with Crippen molar-refractivity contribution in [2.24, 2.45) is 0 Å². The van der Waals surface area contributed by atoms with E-state index >= 15 is 0 Å². The number of nitrogens with zero attached hydrogens (tertiary/aromatic N) is 2. The lowest BCUT2D eigenvalue weighted by Crippen LogP contribution is -1.96. The third kappa shape index (κ3) is 1.72. The zero-order valence-corrected chi connectivity index (χ0v) is 10.1. The lowest BCUT2D eigenvalue weighted by atomic mass is 10.1. The minimum absolute atomic E-state index is 0.0946. The second kappa shape index (κ2) is 4.14. The summed E-state index contributed by atoms with van der Waals surface area (Å²) in [6.45, 7) is 2.31. The molecule has 0 radical (unpaired) electrons. The Morgan fingerprint density at radius 2 is 2.22 bits per heavy atom. The number of aromatic nitrogens is 3. The molecule has 0 aliphatic rings. The number of rotatable bonds is 3. The van der Waals surface area contributed by atoms with Gasteiger partial charge in [-0.25, -0.2) is 0 Å². The van der Waals surface area contributed by atoms with E-state index in [0.717, 1.165) is 22.0 Å². The van der Waals surface area contributed by atoms with Gasteiger partial charge in [-0.2, -0.15) is 5.10 Å². The SMILES string of the molecule is CC(=O)c1cn(Cc2cn[nH]c2)c2ccccc12. The third-order valence-corrected chi connectivity index (χ3v) is 3.08. The van der Waals surface area contributed by atoms with Crippen LogP contribution in [0, 0.1) is 0 Å². The zero-order valence-electron chi connectivity index (χ0n) is 10.1. The van der Waals surface area contributed by atoms with E-state index in [1.54, 1.807) is 13.1 Å². The smallest absolute Gasteiger partial charge is 0.161 e. The van der Waals surface area contributed by atoms with Crippen LogP contribution in [0.25, 0.3) is 10.9 Å². The lowest BCUT2D eigenvalue weighted by molar-refractivity contribution is 0.101. The van der Waals surface area contributed by atoms with Crippen LogP contribution in [-0.4, -0.2) is 20.5 Å². The number of Topliss-reactive ketones (excluding diaryl/α,β-unsaturated/α-hetero) is 1. The maximum atomic E-state index is 11.6. The fourth-order valence-electron chi connectivity index (χ4n) is 2.22. The summed E-state index contributed by atoms with van der Waals surface area (Å²) < 4.78 is 2.08. The van der Waals surface area contributed by atoms with Gasteiger partial charge in [-0.05, 0) is 13.0 Å². The molecular formula is C14H13N3O. The number of H-pyrrole nitrogens is 1. The molecule has 3 rings (SSSR count). The average Bonchev–Trinajstić information content (AvgIpc) is 2.98. The monoisotopic (exact) mass is 239 g/mol. The van der Waals surface area contributed by atoms with Crippen molar-refractivity contribution in [1.29, 1.82) is 0 Å². The minimum Gasteiger partial charge on any atom is -0.342 e. The Hall–Kier alpha value is -2.36. The number of hydrogen-bond donors (Lipinski definition) is 1. The summed E-state index contributed by atoms with van der Waals surface area (Å²) in [7, 11) is 0. The van der Waals surface area contributed by atoms with E-state index in [9.17, 15) is 4.79 Å². The topological polar surface area (TPSA) is 50.7 Å². The predicted octanol–water partition coefficient (Wildman–Crippen LogP) is 2.62. The van der Waals surface area contributed by atoms with Crippen LogP contribution in [-0.2, 0) is 6.54 Å². The molecule has 0 fully saturated rings. The molecule has 0 spiro atoms. The Morgan fingerprint density at radius 1 is 1.39 bits per heavy atom. The molecule has 0 saturated carbocycles. The fraction of sp³-hybridized carbons (Fsp3) is 0.143. The standard InChI is InChI=1S/C14H13N3O/c1-10(18)13-9-17(8-11-6-15-16-7-11)14-5-3-2-4-12(13)14/h2-7,9H,8H2,1H3,(H,15,16). The molecule has 1 aromatic carbocycles. The van der Waals surface area contributed by atoms with Crippen molar-refractivity contribution in [3.8, 4) is 0 Å². The van der Waals surface area contributed by atoms with Gasteiger partial charge < -0.3 is 4.57 Å². The van der Waals surface area contributed by atoms with Gasteiger partial charge in [0.15, 0.2) is 5.78 Å². The van der Waals surface area contributed by atoms with Gasteiger partial charge in [-0.15, -0.1) is 0 Å². The number of carbonyl (C=O) groups excluding carboxylic acids is 1. The molecule has 0 atom stereocenters. The third-order valence-electron chi connectivity index (χ3n) is 3.08. The molecule has 1 N–H and O–H groups in total. The minimum atomic E-state index is 0.0946. The van der Waals surface area contributed by atoms with Gasteiger partial charge in [0.1, 0.15) is 0 Å². The van der Waals surface area contributed by atoms with E-state index < -0.39 is 0 Å². The Morgan fingerprint density at radius 3 is 2.94 bits per heavy atom.